The largest absolute Gasteiger partial charge is 0.380 e. The molecule has 21 heavy (non-hydrogen) atoms. The molecule has 0 rings (SSSR count). The van der Waals surface area contributed by atoms with Crippen molar-refractivity contribution in [1.29, 1.82) is 0 Å². The fourth-order valence-electron chi connectivity index (χ4n) is 1.54. The van der Waals surface area contributed by atoms with Gasteiger partial charge in [-0.05, 0) is 30.9 Å². The maximum Gasteiger partial charge on any atom is 0.222 e. The van der Waals surface area contributed by atoms with Gasteiger partial charge in [-0.3, -0.25) is 4.79 Å². The second-order valence-electron chi connectivity index (χ2n) is 4.76. The lowest BCUT2D eigenvalue weighted by atomic mass is 10.2. The van der Waals surface area contributed by atoms with Crippen LogP contribution >= 0.6 is 18.3 Å². The highest BCUT2D eigenvalue weighted by atomic mass is 32.5. The van der Waals surface area contributed by atoms with Crippen LogP contribution in [-0.4, -0.2) is 55.8 Å². The van der Waals surface area contributed by atoms with E-state index >= 15 is 0 Å². The maximum atomic E-state index is 11.5. The number of thioether (sulfide) groups is 1. The molecule has 1 amide bonds. The van der Waals surface area contributed by atoms with Crippen molar-refractivity contribution in [1.82, 2.24) is 5.32 Å². The van der Waals surface area contributed by atoms with E-state index in [2.05, 4.69) is 5.32 Å². The highest BCUT2D eigenvalue weighted by Gasteiger charge is 2.03. The van der Waals surface area contributed by atoms with Gasteiger partial charge in [0, 0.05) is 25.4 Å². The van der Waals surface area contributed by atoms with Gasteiger partial charge in [0.2, 0.25) is 5.91 Å². The number of ether oxygens (including phenoxy) is 1. The van der Waals surface area contributed by atoms with E-state index in [-0.39, 0.29) is 5.91 Å². The van der Waals surface area contributed by atoms with Crippen LogP contribution in [0.2, 0.25) is 0 Å². The molecule has 0 bridgehead atoms. The zero-order valence-electron chi connectivity index (χ0n) is 13.0. The first kappa shape index (κ1) is 21.4. The second-order valence-corrected chi connectivity index (χ2v) is 9.64. The molecule has 0 aliphatic rings. The smallest absolute Gasteiger partial charge is 0.222 e. The number of carbonyl (C=O) groups excluding carboxylic acids is 1. The van der Waals surface area contributed by atoms with Gasteiger partial charge in [-0.1, -0.05) is 12.8 Å². The molecule has 0 fully saturated rings. The summed E-state index contributed by atoms with van der Waals surface area (Å²) in [6.45, 7) is 1.48. The Kier molecular flexibility index (Phi) is 14.2. The normalized spacial score (nSPS) is 13.9. The Hall–Kier alpha value is 0.350. The van der Waals surface area contributed by atoms with Gasteiger partial charge in [-0.2, -0.15) is 11.8 Å². The summed E-state index contributed by atoms with van der Waals surface area (Å²) in [5.41, 5.74) is 0. The van der Waals surface area contributed by atoms with Crippen LogP contribution in [0.4, 0.5) is 0 Å². The summed E-state index contributed by atoms with van der Waals surface area (Å²) in [7, 11) is 0. The van der Waals surface area contributed by atoms with E-state index in [1.54, 1.807) is 18.4 Å². The fraction of sp³-hybridized carbons (Fsp3) is 0.923. The van der Waals surface area contributed by atoms with Gasteiger partial charge >= 0.3 is 0 Å². The molecule has 2 N–H and O–H groups in total. The van der Waals surface area contributed by atoms with E-state index in [9.17, 15) is 9.69 Å². The molecule has 0 saturated heterocycles. The Morgan fingerprint density at radius 2 is 1.95 bits per heavy atom. The molecule has 0 aliphatic carbocycles. The maximum absolute atomic E-state index is 11.5. The lowest BCUT2D eigenvalue weighted by Crippen LogP contribution is -2.25. The lowest BCUT2D eigenvalue weighted by molar-refractivity contribution is -0.122. The molecule has 1 unspecified atom stereocenters. The third-order valence-corrected chi connectivity index (χ3v) is 4.18. The van der Waals surface area contributed by atoms with Crippen LogP contribution in [0.15, 0.2) is 0 Å². The van der Waals surface area contributed by atoms with Crippen molar-refractivity contribution >= 4 is 36.0 Å². The third-order valence-electron chi connectivity index (χ3n) is 2.63. The quantitative estimate of drug-likeness (QED) is 0.367. The molecular formula is C13H28NO4PS2. The van der Waals surface area contributed by atoms with Crippen molar-refractivity contribution in [3.05, 3.63) is 0 Å². The summed E-state index contributed by atoms with van der Waals surface area (Å²) < 4.78 is 10.5. The molecule has 0 aliphatic heterocycles. The number of nitrogens with one attached hydrogen (secondary N) is 1. The molecule has 5 nitrogen and oxygen atoms in total. The summed E-state index contributed by atoms with van der Waals surface area (Å²) in [5, 5.41) is 2.88. The predicted molar refractivity (Wildman–Crippen MR) is 93.7 cm³/mol. The standard InChI is InChI=1S/C13H28NO4PS2/c1-19(16,20)18-9-6-4-3-5-8-14-13(15)7-10-17-11-12-21-2/h3-12H2,1-2H3,(H,14,15)(H,16,20). The van der Waals surface area contributed by atoms with E-state index in [0.29, 0.717) is 32.8 Å². The molecule has 0 heterocycles. The summed E-state index contributed by atoms with van der Waals surface area (Å²) in [6, 6.07) is 0. The number of carbonyl (C=O) groups is 1. The molecule has 126 valence electrons. The van der Waals surface area contributed by atoms with Gasteiger partial charge in [0.15, 0.2) is 6.49 Å². The van der Waals surface area contributed by atoms with Gasteiger partial charge < -0.3 is 19.5 Å². The van der Waals surface area contributed by atoms with E-state index in [4.69, 9.17) is 21.1 Å². The molecule has 0 saturated carbocycles. The zero-order valence-corrected chi connectivity index (χ0v) is 15.5. The highest BCUT2D eigenvalue weighted by molar-refractivity contribution is 8.09. The van der Waals surface area contributed by atoms with E-state index in [1.807, 2.05) is 6.26 Å². The van der Waals surface area contributed by atoms with Crippen molar-refractivity contribution in [2.24, 2.45) is 0 Å². The van der Waals surface area contributed by atoms with Crippen LogP contribution in [0.5, 0.6) is 0 Å². The minimum Gasteiger partial charge on any atom is -0.380 e. The highest BCUT2D eigenvalue weighted by Crippen LogP contribution is 2.37. The van der Waals surface area contributed by atoms with Gasteiger partial charge in [-0.25, -0.2) is 0 Å². The number of hydrogen-bond acceptors (Lipinski definition) is 5. The topological polar surface area (TPSA) is 67.8 Å². The van der Waals surface area contributed by atoms with Gasteiger partial charge in [0.1, 0.15) is 0 Å². The molecule has 1 atom stereocenters. The minimum atomic E-state index is -2.50. The molecule has 8 heteroatoms. The van der Waals surface area contributed by atoms with Crippen molar-refractivity contribution in [2.45, 2.75) is 32.1 Å². The minimum absolute atomic E-state index is 0.0504. The number of hydrogen-bond donors (Lipinski definition) is 2. The molecular weight excluding hydrogens is 329 g/mol. The van der Waals surface area contributed by atoms with E-state index in [1.165, 1.54) is 0 Å². The Balaban J connectivity index is 3.23. The number of rotatable bonds is 14. The number of amides is 1. The Morgan fingerprint density at radius 3 is 2.62 bits per heavy atom. The van der Waals surface area contributed by atoms with Crippen LogP contribution in [0.1, 0.15) is 32.1 Å². The zero-order chi connectivity index (χ0) is 16.0. The Labute approximate surface area is 137 Å². The van der Waals surface area contributed by atoms with E-state index in [0.717, 1.165) is 31.4 Å². The van der Waals surface area contributed by atoms with E-state index < -0.39 is 6.49 Å². The summed E-state index contributed by atoms with van der Waals surface area (Å²) in [5.74, 6) is 1.02. The molecule has 0 aromatic heterocycles. The average Bonchev–Trinajstić information content (AvgIpc) is 2.40. The first-order valence-corrected chi connectivity index (χ1v) is 11.8. The molecule has 0 aromatic carbocycles. The average molecular weight is 357 g/mol. The molecule has 0 spiro atoms. The third kappa shape index (κ3) is 18.3. The van der Waals surface area contributed by atoms with Gasteiger partial charge in [-0.15, -0.1) is 0 Å². The first-order valence-electron chi connectivity index (χ1n) is 7.24. The van der Waals surface area contributed by atoms with Crippen LogP contribution in [0, 0.1) is 0 Å². The van der Waals surface area contributed by atoms with Crippen LogP contribution in [-0.2, 0) is 25.9 Å². The van der Waals surface area contributed by atoms with Crippen molar-refractivity contribution in [2.75, 3.05) is 45.0 Å². The van der Waals surface area contributed by atoms with Crippen LogP contribution in [0.3, 0.4) is 0 Å². The van der Waals surface area contributed by atoms with Crippen molar-refractivity contribution in [3.63, 3.8) is 0 Å². The van der Waals surface area contributed by atoms with Gasteiger partial charge in [0.05, 0.1) is 19.8 Å². The SMILES string of the molecule is CSCCOCCC(=O)NCCCCCCOP(C)(O)=S. The predicted octanol–water partition coefficient (Wildman–Crippen LogP) is 2.38. The fourth-order valence-corrected chi connectivity index (χ4v) is 2.52. The summed E-state index contributed by atoms with van der Waals surface area (Å²) in [6.07, 6.45) is 6.36. The summed E-state index contributed by atoms with van der Waals surface area (Å²) >= 11 is 6.51. The van der Waals surface area contributed by atoms with Crippen molar-refractivity contribution in [3.8, 4) is 0 Å². The molecule has 0 radical (unpaired) electrons. The number of unbranched alkanes of at least 4 members (excludes halogenated alkanes) is 3. The molecule has 0 aromatic rings. The van der Waals surface area contributed by atoms with Crippen LogP contribution in [0.25, 0.3) is 0 Å². The first-order chi connectivity index (χ1) is 9.95. The Morgan fingerprint density at radius 1 is 1.24 bits per heavy atom. The van der Waals surface area contributed by atoms with Gasteiger partial charge in [0.25, 0.3) is 0 Å². The second kappa shape index (κ2) is 14.0. The monoisotopic (exact) mass is 357 g/mol. The van der Waals surface area contributed by atoms with Crippen LogP contribution < -0.4 is 5.32 Å². The lowest BCUT2D eigenvalue weighted by Gasteiger charge is -2.09. The van der Waals surface area contributed by atoms with Crippen molar-refractivity contribution < 1.29 is 18.9 Å². The summed E-state index contributed by atoms with van der Waals surface area (Å²) in [4.78, 5) is 20.8. The Bertz CT molecular complexity index is 313.